The van der Waals surface area contributed by atoms with E-state index in [-0.39, 0.29) is 0 Å². The highest BCUT2D eigenvalue weighted by atomic mass is 16.5. The molecule has 0 atom stereocenters. The van der Waals surface area contributed by atoms with Crippen molar-refractivity contribution in [2.75, 3.05) is 0 Å². The fourth-order valence-electron chi connectivity index (χ4n) is 2.07. The van der Waals surface area contributed by atoms with Crippen LogP contribution >= 0.6 is 0 Å². The zero-order chi connectivity index (χ0) is 13.9. The molecule has 6 heteroatoms. The van der Waals surface area contributed by atoms with Crippen molar-refractivity contribution in [3.05, 3.63) is 53.7 Å². The number of hydrogen-bond acceptors (Lipinski definition) is 5. The van der Waals surface area contributed by atoms with E-state index >= 15 is 0 Å². The van der Waals surface area contributed by atoms with E-state index in [1.54, 1.807) is 10.9 Å². The van der Waals surface area contributed by atoms with Gasteiger partial charge in [0, 0.05) is 19.8 Å². The summed E-state index contributed by atoms with van der Waals surface area (Å²) in [6, 6.07) is 7.98. The zero-order valence-corrected chi connectivity index (χ0v) is 11.2. The van der Waals surface area contributed by atoms with Gasteiger partial charge in [0.2, 0.25) is 11.7 Å². The molecule has 0 unspecified atom stereocenters. The van der Waals surface area contributed by atoms with Gasteiger partial charge < -0.3 is 10.3 Å². The second-order valence-electron chi connectivity index (χ2n) is 4.56. The quantitative estimate of drug-likeness (QED) is 0.776. The number of aromatic nitrogens is 4. The van der Waals surface area contributed by atoms with Crippen molar-refractivity contribution >= 4 is 0 Å². The van der Waals surface area contributed by atoms with Gasteiger partial charge in [-0.05, 0) is 11.1 Å². The molecule has 0 radical (unpaired) electrons. The van der Waals surface area contributed by atoms with E-state index in [9.17, 15) is 0 Å². The van der Waals surface area contributed by atoms with E-state index in [2.05, 4.69) is 15.2 Å². The maximum Gasteiger partial charge on any atom is 0.231 e. The Hall–Kier alpha value is -2.47. The van der Waals surface area contributed by atoms with E-state index in [1.807, 2.05) is 37.5 Å². The van der Waals surface area contributed by atoms with Crippen LogP contribution in [0.4, 0.5) is 0 Å². The zero-order valence-electron chi connectivity index (χ0n) is 11.2. The van der Waals surface area contributed by atoms with Crippen molar-refractivity contribution in [1.29, 1.82) is 0 Å². The molecule has 0 bridgehead atoms. The molecule has 6 nitrogen and oxygen atoms in total. The highest BCUT2D eigenvalue weighted by Gasteiger charge is 2.11. The fraction of sp³-hybridized carbons (Fsp3) is 0.214. The highest BCUT2D eigenvalue weighted by molar-refractivity contribution is 5.51. The maximum atomic E-state index is 5.73. The minimum atomic E-state index is 0.500. The lowest BCUT2D eigenvalue weighted by Crippen LogP contribution is -2.02. The summed E-state index contributed by atoms with van der Waals surface area (Å²) >= 11 is 0. The van der Waals surface area contributed by atoms with Crippen molar-refractivity contribution in [2.24, 2.45) is 12.8 Å². The van der Waals surface area contributed by atoms with Gasteiger partial charge in [0.25, 0.3) is 0 Å². The van der Waals surface area contributed by atoms with Gasteiger partial charge in [0.1, 0.15) is 0 Å². The average Bonchev–Trinajstić information content (AvgIpc) is 3.08. The first-order valence-electron chi connectivity index (χ1n) is 6.34. The number of rotatable bonds is 4. The lowest BCUT2D eigenvalue weighted by molar-refractivity contribution is 0.385. The maximum absolute atomic E-state index is 5.73. The van der Waals surface area contributed by atoms with Crippen molar-refractivity contribution in [3.8, 4) is 11.4 Å². The Morgan fingerprint density at radius 1 is 1.25 bits per heavy atom. The predicted octanol–water partition coefficient (Wildman–Crippen LogP) is 1.52. The van der Waals surface area contributed by atoms with Gasteiger partial charge in [-0.3, -0.25) is 4.68 Å². The van der Waals surface area contributed by atoms with Gasteiger partial charge in [-0.25, -0.2) is 0 Å². The van der Waals surface area contributed by atoms with E-state index in [4.69, 9.17) is 10.3 Å². The Labute approximate surface area is 116 Å². The van der Waals surface area contributed by atoms with E-state index in [0.717, 1.165) is 16.7 Å². The molecule has 1 aromatic carbocycles. The minimum absolute atomic E-state index is 0.500. The van der Waals surface area contributed by atoms with Crippen LogP contribution in [0, 0.1) is 0 Å². The predicted molar refractivity (Wildman–Crippen MR) is 73.6 cm³/mol. The van der Waals surface area contributed by atoms with Crippen molar-refractivity contribution < 1.29 is 4.52 Å². The monoisotopic (exact) mass is 269 g/mol. The van der Waals surface area contributed by atoms with E-state index in [0.29, 0.717) is 24.7 Å². The third kappa shape index (κ3) is 2.46. The Morgan fingerprint density at radius 2 is 2.05 bits per heavy atom. The smallest absolute Gasteiger partial charge is 0.231 e. The van der Waals surface area contributed by atoms with Crippen molar-refractivity contribution in [1.82, 2.24) is 19.9 Å². The van der Waals surface area contributed by atoms with Crippen LogP contribution in [0.3, 0.4) is 0 Å². The molecule has 0 amide bonds. The lowest BCUT2D eigenvalue weighted by atomic mass is 10.0. The summed E-state index contributed by atoms with van der Waals surface area (Å²) in [5, 5.41) is 8.07. The van der Waals surface area contributed by atoms with Crippen LogP contribution in [-0.4, -0.2) is 19.9 Å². The number of nitrogens with two attached hydrogens (primary N) is 1. The topological polar surface area (TPSA) is 82.8 Å². The number of hydrogen-bond donors (Lipinski definition) is 1. The lowest BCUT2D eigenvalue weighted by Gasteiger charge is -2.03. The van der Waals surface area contributed by atoms with Gasteiger partial charge in [-0.2, -0.15) is 10.1 Å². The van der Waals surface area contributed by atoms with E-state index in [1.165, 1.54) is 0 Å². The second kappa shape index (κ2) is 5.26. The highest BCUT2D eigenvalue weighted by Crippen LogP contribution is 2.17. The SMILES string of the molecule is Cn1cc(-c2noc(Cc3ccccc3CN)n2)cn1. The molecule has 20 heavy (non-hydrogen) atoms. The fourth-order valence-corrected chi connectivity index (χ4v) is 2.07. The second-order valence-corrected chi connectivity index (χ2v) is 4.56. The largest absolute Gasteiger partial charge is 0.339 e. The molecule has 0 saturated heterocycles. The molecule has 3 rings (SSSR count). The Morgan fingerprint density at radius 3 is 2.75 bits per heavy atom. The first kappa shape index (κ1) is 12.6. The van der Waals surface area contributed by atoms with Crippen molar-refractivity contribution in [2.45, 2.75) is 13.0 Å². The molecule has 2 N–H and O–H groups in total. The Kier molecular flexibility index (Phi) is 3.30. The van der Waals surface area contributed by atoms with Gasteiger partial charge in [-0.1, -0.05) is 29.4 Å². The van der Waals surface area contributed by atoms with Crippen LogP contribution in [0.5, 0.6) is 0 Å². The third-order valence-corrected chi connectivity index (χ3v) is 3.11. The minimum Gasteiger partial charge on any atom is -0.339 e. The molecule has 2 heterocycles. The van der Waals surface area contributed by atoms with Crippen LogP contribution in [0.15, 0.2) is 41.2 Å². The summed E-state index contributed by atoms with van der Waals surface area (Å²) in [6.45, 7) is 0.500. The van der Waals surface area contributed by atoms with Gasteiger partial charge in [-0.15, -0.1) is 0 Å². The molecular weight excluding hydrogens is 254 g/mol. The molecule has 0 fully saturated rings. The molecule has 0 aliphatic rings. The third-order valence-electron chi connectivity index (χ3n) is 3.11. The summed E-state index contributed by atoms with van der Waals surface area (Å²) in [5.41, 5.74) is 8.77. The van der Waals surface area contributed by atoms with Gasteiger partial charge in [0.15, 0.2) is 0 Å². The van der Waals surface area contributed by atoms with Crippen LogP contribution in [0.25, 0.3) is 11.4 Å². The normalized spacial score (nSPS) is 10.9. The summed E-state index contributed by atoms with van der Waals surface area (Å²) in [4.78, 5) is 4.39. The van der Waals surface area contributed by atoms with Crippen LogP contribution in [-0.2, 0) is 20.0 Å². The number of aryl methyl sites for hydroxylation is 1. The average molecular weight is 269 g/mol. The first-order valence-corrected chi connectivity index (χ1v) is 6.34. The van der Waals surface area contributed by atoms with Gasteiger partial charge >= 0.3 is 0 Å². The molecule has 102 valence electrons. The number of nitrogens with zero attached hydrogens (tertiary/aromatic N) is 4. The standard InChI is InChI=1S/C14H15N5O/c1-19-9-12(8-16-19)14-17-13(20-18-14)6-10-4-2-3-5-11(10)7-15/h2-5,8-9H,6-7,15H2,1H3. The molecule has 0 spiro atoms. The number of benzene rings is 1. The molecule has 0 saturated carbocycles. The summed E-state index contributed by atoms with van der Waals surface area (Å²) in [6.07, 6.45) is 4.14. The van der Waals surface area contributed by atoms with Crippen molar-refractivity contribution in [3.63, 3.8) is 0 Å². The van der Waals surface area contributed by atoms with Gasteiger partial charge in [0.05, 0.1) is 18.2 Å². The molecular formula is C14H15N5O. The van der Waals surface area contributed by atoms with Crippen LogP contribution < -0.4 is 5.73 Å². The molecule has 0 aliphatic heterocycles. The molecule has 0 aliphatic carbocycles. The Balaban J connectivity index is 1.84. The van der Waals surface area contributed by atoms with E-state index < -0.39 is 0 Å². The first-order chi connectivity index (χ1) is 9.76. The molecule has 2 aromatic heterocycles. The van der Waals surface area contributed by atoms with Crippen LogP contribution in [0.2, 0.25) is 0 Å². The molecule has 3 aromatic rings. The summed E-state index contributed by atoms with van der Waals surface area (Å²) in [5.74, 6) is 1.13. The summed E-state index contributed by atoms with van der Waals surface area (Å²) in [7, 11) is 1.85. The Bertz CT molecular complexity index is 716. The van der Waals surface area contributed by atoms with Crippen LogP contribution in [0.1, 0.15) is 17.0 Å². The summed E-state index contributed by atoms with van der Waals surface area (Å²) < 4.78 is 7.00.